The second-order valence-electron chi connectivity index (χ2n) is 8.63. The number of hydrogen-bond acceptors (Lipinski definition) is 5. The zero-order valence-electron chi connectivity index (χ0n) is 19.0. The summed E-state index contributed by atoms with van der Waals surface area (Å²) in [6, 6.07) is 19.6. The lowest BCUT2D eigenvalue weighted by Crippen LogP contribution is -2.49. The molecule has 1 aliphatic heterocycles. The van der Waals surface area contributed by atoms with Crippen molar-refractivity contribution in [3.8, 4) is 17.2 Å². The lowest BCUT2D eigenvalue weighted by Gasteiger charge is -2.34. The average molecular weight is 447 g/mol. The van der Waals surface area contributed by atoms with Crippen molar-refractivity contribution >= 4 is 5.91 Å². The van der Waals surface area contributed by atoms with Crippen molar-refractivity contribution in [3.05, 3.63) is 72.1 Å². The van der Waals surface area contributed by atoms with Crippen molar-refractivity contribution in [1.29, 1.82) is 0 Å². The normalized spacial score (nSPS) is 16.6. The van der Waals surface area contributed by atoms with E-state index in [0.29, 0.717) is 31.3 Å². The van der Waals surface area contributed by atoms with Crippen LogP contribution in [0.3, 0.4) is 0 Å². The Morgan fingerprint density at radius 1 is 0.970 bits per heavy atom. The minimum atomic E-state index is 0.0624. The molecule has 0 radical (unpaired) electrons. The first kappa shape index (κ1) is 21.5. The Balaban J connectivity index is 1.17. The van der Waals surface area contributed by atoms with Crippen molar-refractivity contribution in [2.45, 2.75) is 18.8 Å². The third-order valence-corrected chi connectivity index (χ3v) is 6.34. The summed E-state index contributed by atoms with van der Waals surface area (Å²) in [5.41, 5.74) is 2.64. The fraction of sp³-hybridized carbons (Fsp3) is 0.385. The van der Waals surface area contributed by atoms with Gasteiger partial charge < -0.3 is 14.4 Å². The van der Waals surface area contributed by atoms with Gasteiger partial charge in [0.15, 0.2) is 0 Å². The number of ether oxygens (including phenoxy) is 2. The van der Waals surface area contributed by atoms with E-state index >= 15 is 0 Å². The van der Waals surface area contributed by atoms with E-state index in [2.05, 4.69) is 4.90 Å². The number of para-hydroxylation sites is 1. The molecular weight excluding hydrogens is 416 g/mol. The van der Waals surface area contributed by atoms with E-state index in [9.17, 15) is 4.79 Å². The number of carbonyl (C=O) groups is 1. The average Bonchev–Trinajstić information content (AvgIpc) is 3.63. The molecular formula is C26H30N4O3. The number of nitrogens with zero attached hydrogens (tertiary/aromatic N) is 4. The predicted octanol–water partition coefficient (Wildman–Crippen LogP) is 3.60. The van der Waals surface area contributed by atoms with Crippen LogP contribution in [0.5, 0.6) is 11.5 Å². The summed E-state index contributed by atoms with van der Waals surface area (Å²) in [6.45, 7) is 4.55. The second-order valence-corrected chi connectivity index (χ2v) is 8.63. The summed E-state index contributed by atoms with van der Waals surface area (Å²) in [4.78, 5) is 17.7. The third kappa shape index (κ3) is 5.03. The molecule has 3 aromatic rings. The maximum atomic E-state index is 13.4. The Labute approximate surface area is 194 Å². The summed E-state index contributed by atoms with van der Waals surface area (Å²) in [6.07, 6.45) is 2.33. The second kappa shape index (κ2) is 9.67. The molecule has 0 spiro atoms. The topological polar surface area (TPSA) is 59.8 Å². The molecule has 2 aliphatic rings. The van der Waals surface area contributed by atoms with Crippen LogP contribution in [-0.2, 0) is 0 Å². The van der Waals surface area contributed by atoms with E-state index in [-0.39, 0.29) is 5.91 Å². The van der Waals surface area contributed by atoms with Crippen molar-refractivity contribution in [1.82, 2.24) is 19.6 Å². The quantitative estimate of drug-likeness (QED) is 0.529. The number of aromatic nitrogens is 2. The largest absolute Gasteiger partial charge is 0.497 e. The van der Waals surface area contributed by atoms with Crippen LogP contribution >= 0.6 is 0 Å². The molecule has 1 aromatic heterocycles. The van der Waals surface area contributed by atoms with Crippen molar-refractivity contribution in [3.63, 3.8) is 0 Å². The van der Waals surface area contributed by atoms with E-state index in [4.69, 9.17) is 14.6 Å². The molecule has 5 rings (SSSR count). The molecule has 0 atom stereocenters. The van der Waals surface area contributed by atoms with Crippen LogP contribution in [0.25, 0.3) is 5.69 Å². The van der Waals surface area contributed by atoms with Crippen LogP contribution in [-0.4, -0.2) is 71.9 Å². The van der Waals surface area contributed by atoms with Gasteiger partial charge in [-0.15, -0.1) is 0 Å². The van der Waals surface area contributed by atoms with Gasteiger partial charge in [-0.25, -0.2) is 4.68 Å². The van der Waals surface area contributed by atoms with Crippen molar-refractivity contribution < 1.29 is 14.3 Å². The molecule has 0 bridgehead atoms. The standard InChI is InChI=1S/C26H30N4O3/c1-32-22-9-11-23(12-10-22)33-18-17-28-13-15-29(16-14-28)26(31)25-19-24(20-7-8-20)27-30(25)21-5-3-2-4-6-21/h2-6,9-12,19-20H,7-8,13-18H2,1H3. The highest BCUT2D eigenvalue weighted by atomic mass is 16.5. The molecule has 0 N–H and O–H groups in total. The molecule has 1 saturated heterocycles. The van der Waals surface area contributed by atoms with Crippen LogP contribution in [0.2, 0.25) is 0 Å². The zero-order valence-corrected chi connectivity index (χ0v) is 19.0. The molecule has 7 nitrogen and oxygen atoms in total. The first-order chi connectivity index (χ1) is 16.2. The summed E-state index contributed by atoms with van der Waals surface area (Å²) in [7, 11) is 1.65. The van der Waals surface area contributed by atoms with Crippen LogP contribution in [0.4, 0.5) is 0 Å². The van der Waals surface area contributed by atoms with Crippen LogP contribution in [0.1, 0.15) is 34.9 Å². The molecule has 2 fully saturated rings. The molecule has 1 aliphatic carbocycles. The number of piperazine rings is 1. The lowest BCUT2D eigenvalue weighted by molar-refractivity contribution is 0.0611. The van der Waals surface area contributed by atoms with Gasteiger partial charge in [0.1, 0.15) is 23.8 Å². The Kier molecular flexibility index (Phi) is 6.30. The first-order valence-electron chi connectivity index (χ1n) is 11.6. The highest BCUT2D eigenvalue weighted by Gasteiger charge is 2.31. The van der Waals surface area contributed by atoms with Gasteiger partial charge in [0.25, 0.3) is 5.91 Å². The van der Waals surface area contributed by atoms with Gasteiger partial charge in [-0.05, 0) is 55.3 Å². The first-order valence-corrected chi connectivity index (χ1v) is 11.6. The Morgan fingerprint density at radius 2 is 1.67 bits per heavy atom. The molecule has 33 heavy (non-hydrogen) atoms. The van der Waals surface area contributed by atoms with Crippen molar-refractivity contribution in [2.24, 2.45) is 0 Å². The smallest absolute Gasteiger partial charge is 0.272 e. The Morgan fingerprint density at radius 3 is 2.33 bits per heavy atom. The number of carbonyl (C=O) groups excluding carboxylic acids is 1. The monoisotopic (exact) mass is 446 g/mol. The zero-order chi connectivity index (χ0) is 22.6. The van der Waals surface area contributed by atoms with Gasteiger partial charge in [-0.1, -0.05) is 18.2 Å². The Bertz CT molecular complexity index is 1070. The molecule has 7 heteroatoms. The van der Waals surface area contributed by atoms with Gasteiger partial charge in [0.05, 0.1) is 18.5 Å². The van der Waals surface area contributed by atoms with E-state index < -0.39 is 0 Å². The summed E-state index contributed by atoms with van der Waals surface area (Å²) in [5.74, 6) is 2.22. The molecule has 1 saturated carbocycles. The minimum absolute atomic E-state index is 0.0624. The number of benzene rings is 2. The van der Waals surface area contributed by atoms with Crippen molar-refractivity contribution in [2.75, 3.05) is 46.4 Å². The number of rotatable bonds is 8. The highest BCUT2D eigenvalue weighted by molar-refractivity contribution is 5.93. The molecule has 172 valence electrons. The summed E-state index contributed by atoms with van der Waals surface area (Å²) >= 11 is 0. The van der Waals surface area contributed by atoms with Gasteiger partial charge in [-0.3, -0.25) is 9.69 Å². The van der Waals surface area contributed by atoms with E-state index in [0.717, 1.165) is 55.4 Å². The van der Waals surface area contributed by atoms with E-state index in [1.807, 2.05) is 70.2 Å². The molecule has 2 heterocycles. The van der Waals surface area contributed by atoms with E-state index in [1.54, 1.807) is 7.11 Å². The van der Waals surface area contributed by atoms with Gasteiger partial charge in [-0.2, -0.15) is 5.10 Å². The third-order valence-electron chi connectivity index (χ3n) is 6.34. The van der Waals surface area contributed by atoms with E-state index in [1.165, 1.54) is 0 Å². The minimum Gasteiger partial charge on any atom is -0.497 e. The van der Waals surface area contributed by atoms with Crippen LogP contribution < -0.4 is 9.47 Å². The number of hydrogen-bond donors (Lipinski definition) is 0. The lowest BCUT2D eigenvalue weighted by atomic mass is 10.2. The highest BCUT2D eigenvalue weighted by Crippen LogP contribution is 2.40. The maximum absolute atomic E-state index is 13.4. The predicted molar refractivity (Wildman–Crippen MR) is 126 cm³/mol. The number of methoxy groups -OCH3 is 1. The maximum Gasteiger partial charge on any atom is 0.272 e. The molecule has 1 amide bonds. The molecule has 0 unspecified atom stereocenters. The van der Waals surface area contributed by atoms with Crippen LogP contribution in [0, 0.1) is 0 Å². The fourth-order valence-corrected chi connectivity index (χ4v) is 4.20. The van der Waals surface area contributed by atoms with Gasteiger partial charge in [0.2, 0.25) is 0 Å². The fourth-order valence-electron chi connectivity index (χ4n) is 4.20. The number of amides is 1. The Hall–Kier alpha value is -3.32. The van der Waals surface area contributed by atoms with Gasteiger partial charge >= 0.3 is 0 Å². The SMILES string of the molecule is COc1ccc(OCCN2CCN(C(=O)c3cc(C4CC4)nn3-c3ccccc3)CC2)cc1. The summed E-state index contributed by atoms with van der Waals surface area (Å²) in [5, 5.41) is 4.79. The van der Waals surface area contributed by atoms with Gasteiger partial charge in [0, 0.05) is 38.6 Å². The van der Waals surface area contributed by atoms with Crippen LogP contribution in [0.15, 0.2) is 60.7 Å². The molecule has 2 aromatic carbocycles. The summed E-state index contributed by atoms with van der Waals surface area (Å²) < 4.78 is 12.9.